The molecule has 0 aliphatic rings. The molecule has 1 amide bonds. The molecular formula is C24H24N6O2. The second-order valence-electron chi connectivity index (χ2n) is 8.39. The zero-order valence-corrected chi connectivity index (χ0v) is 18.2. The van der Waals surface area contributed by atoms with Gasteiger partial charge >= 0.3 is 0 Å². The molecule has 8 heteroatoms. The molecule has 0 saturated heterocycles. The van der Waals surface area contributed by atoms with Gasteiger partial charge in [0.05, 0.1) is 11.4 Å². The van der Waals surface area contributed by atoms with Crippen LogP contribution in [-0.4, -0.2) is 30.5 Å². The van der Waals surface area contributed by atoms with Crippen molar-refractivity contribution < 1.29 is 4.79 Å². The van der Waals surface area contributed by atoms with E-state index in [1.165, 1.54) is 6.07 Å². The summed E-state index contributed by atoms with van der Waals surface area (Å²) in [4.78, 5) is 29.5. The average Bonchev–Trinajstić information content (AvgIpc) is 3.21. The van der Waals surface area contributed by atoms with Crippen molar-refractivity contribution in [3.05, 3.63) is 89.0 Å². The topological polar surface area (TPSA) is 94.7 Å². The van der Waals surface area contributed by atoms with Crippen LogP contribution in [0.2, 0.25) is 0 Å². The quantitative estimate of drug-likeness (QED) is 0.526. The highest BCUT2D eigenvalue weighted by Crippen LogP contribution is 2.25. The predicted molar refractivity (Wildman–Crippen MR) is 123 cm³/mol. The molecule has 0 unspecified atom stereocenters. The maximum Gasteiger partial charge on any atom is 0.267 e. The Morgan fingerprint density at radius 2 is 1.72 bits per heavy atom. The standard InChI is InChI=1S/C24H24N6O2/c1-24(2,3)19-15-21(30(28-19)20-11-7-8-14-25-20)26-22(31)16-29-23(32)13-12-18(27-29)17-9-5-4-6-10-17/h4-15H,16H2,1-3H3,(H,26,31). The Morgan fingerprint density at radius 1 is 0.969 bits per heavy atom. The minimum atomic E-state index is -0.387. The third-order valence-electron chi connectivity index (χ3n) is 4.84. The highest BCUT2D eigenvalue weighted by Gasteiger charge is 2.22. The van der Waals surface area contributed by atoms with E-state index in [1.54, 1.807) is 16.9 Å². The molecule has 1 N–H and O–H groups in total. The second-order valence-corrected chi connectivity index (χ2v) is 8.39. The van der Waals surface area contributed by atoms with Crippen LogP contribution in [0.3, 0.4) is 0 Å². The molecule has 1 aromatic carbocycles. The minimum Gasteiger partial charge on any atom is -0.309 e. The Bertz CT molecular complexity index is 1290. The van der Waals surface area contributed by atoms with E-state index in [4.69, 9.17) is 0 Å². The minimum absolute atomic E-state index is 0.220. The van der Waals surface area contributed by atoms with Gasteiger partial charge in [0, 0.05) is 29.3 Å². The first-order chi connectivity index (χ1) is 15.3. The lowest BCUT2D eigenvalue weighted by Crippen LogP contribution is -2.29. The molecular weight excluding hydrogens is 404 g/mol. The summed E-state index contributed by atoms with van der Waals surface area (Å²) in [5.41, 5.74) is 1.71. The van der Waals surface area contributed by atoms with Crippen LogP contribution >= 0.6 is 0 Å². The molecule has 4 rings (SSSR count). The number of aromatic nitrogens is 5. The summed E-state index contributed by atoms with van der Waals surface area (Å²) in [6, 6.07) is 19.9. The van der Waals surface area contributed by atoms with Crippen molar-refractivity contribution in [2.24, 2.45) is 0 Å². The van der Waals surface area contributed by atoms with Gasteiger partial charge in [-0.3, -0.25) is 9.59 Å². The Kier molecular flexibility index (Phi) is 5.68. The van der Waals surface area contributed by atoms with Gasteiger partial charge in [0.1, 0.15) is 12.4 Å². The van der Waals surface area contributed by atoms with E-state index in [9.17, 15) is 9.59 Å². The van der Waals surface area contributed by atoms with Crippen molar-refractivity contribution in [2.45, 2.75) is 32.7 Å². The van der Waals surface area contributed by atoms with Crippen molar-refractivity contribution in [2.75, 3.05) is 5.32 Å². The van der Waals surface area contributed by atoms with Gasteiger partial charge in [-0.1, -0.05) is 57.2 Å². The summed E-state index contributed by atoms with van der Waals surface area (Å²) in [6.07, 6.45) is 1.66. The number of hydrogen-bond acceptors (Lipinski definition) is 5. The zero-order valence-electron chi connectivity index (χ0n) is 18.2. The third kappa shape index (κ3) is 4.64. The number of nitrogens with one attached hydrogen (secondary N) is 1. The monoisotopic (exact) mass is 428 g/mol. The summed E-state index contributed by atoms with van der Waals surface area (Å²) >= 11 is 0. The lowest BCUT2D eigenvalue weighted by molar-refractivity contribution is -0.117. The van der Waals surface area contributed by atoms with Gasteiger partial charge in [-0.05, 0) is 18.2 Å². The number of amides is 1. The summed E-state index contributed by atoms with van der Waals surface area (Å²) in [5, 5.41) is 11.9. The fourth-order valence-electron chi connectivity index (χ4n) is 3.13. The van der Waals surface area contributed by atoms with E-state index >= 15 is 0 Å². The van der Waals surface area contributed by atoms with Crippen molar-refractivity contribution in [3.63, 3.8) is 0 Å². The molecule has 32 heavy (non-hydrogen) atoms. The van der Waals surface area contributed by atoms with E-state index in [2.05, 4.69) is 20.5 Å². The van der Waals surface area contributed by atoms with Crippen LogP contribution in [0.5, 0.6) is 0 Å². The van der Waals surface area contributed by atoms with Crippen LogP contribution in [0, 0.1) is 0 Å². The highest BCUT2D eigenvalue weighted by molar-refractivity contribution is 5.90. The smallest absolute Gasteiger partial charge is 0.267 e. The number of carbonyl (C=O) groups is 1. The summed E-state index contributed by atoms with van der Waals surface area (Å²) in [5.74, 6) is 0.674. The summed E-state index contributed by atoms with van der Waals surface area (Å²) < 4.78 is 2.75. The molecule has 3 aromatic heterocycles. The van der Waals surface area contributed by atoms with Gasteiger partial charge < -0.3 is 5.32 Å². The SMILES string of the molecule is CC(C)(C)c1cc(NC(=O)Cn2nc(-c3ccccc3)ccc2=O)n(-c2ccccn2)n1. The number of pyridine rings is 1. The van der Waals surface area contributed by atoms with Gasteiger partial charge in [0.2, 0.25) is 5.91 Å². The maximum absolute atomic E-state index is 12.9. The van der Waals surface area contributed by atoms with Crippen LogP contribution < -0.4 is 10.9 Å². The van der Waals surface area contributed by atoms with E-state index in [0.717, 1.165) is 15.9 Å². The highest BCUT2D eigenvalue weighted by atomic mass is 16.2. The molecule has 0 radical (unpaired) electrons. The van der Waals surface area contributed by atoms with Crippen molar-refractivity contribution in [1.82, 2.24) is 24.5 Å². The number of hydrogen-bond donors (Lipinski definition) is 1. The van der Waals surface area contributed by atoms with E-state index in [0.29, 0.717) is 17.3 Å². The fraction of sp³-hybridized carbons (Fsp3) is 0.208. The van der Waals surface area contributed by atoms with Crippen molar-refractivity contribution in [3.8, 4) is 17.1 Å². The van der Waals surface area contributed by atoms with Gasteiger partial charge in [0.25, 0.3) is 5.56 Å². The normalized spacial score (nSPS) is 11.3. The van der Waals surface area contributed by atoms with Gasteiger partial charge in [-0.25, -0.2) is 9.67 Å². The third-order valence-corrected chi connectivity index (χ3v) is 4.84. The lowest BCUT2D eigenvalue weighted by atomic mass is 9.92. The zero-order chi connectivity index (χ0) is 22.7. The van der Waals surface area contributed by atoms with E-state index < -0.39 is 0 Å². The number of carbonyl (C=O) groups excluding carboxylic acids is 1. The van der Waals surface area contributed by atoms with Crippen LogP contribution in [-0.2, 0) is 16.8 Å². The first-order valence-electron chi connectivity index (χ1n) is 10.3. The van der Waals surface area contributed by atoms with E-state index in [1.807, 2.05) is 75.4 Å². The van der Waals surface area contributed by atoms with Crippen LogP contribution in [0.4, 0.5) is 5.82 Å². The van der Waals surface area contributed by atoms with Crippen molar-refractivity contribution in [1.29, 1.82) is 0 Å². The number of anilines is 1. The molecule has 0 bridgehead atoms. The number of nitrogens with zero attached hydrogens (tertiary/aromatic N) is 5. The number of rotatable bonds is 5. The first-order valence-corrected chi connectivity index (χ1v) is 10.3. The van der Waals surface area contributed by atoms with Gasteiger partial charge in [-0.2, -0.15) is 14.9 Å². The summed E-state index contributed by atoms with van der Waals surface area (Å²) in [7, 11) is 0. The fourth-order valence-corrected chi connectivity index (χ4v) is 3.13. The maximum atomic E-state index is 12.9. The molecule has 3 heterocycles. The van der Waals surface area contributed by atoms with Crippen LogP contribution in [0.15, 0.2) is 77.7 Å². The Morgan fingerprint density at radius 3 is 2.41 bits per heavy atom. The summed E-state index contributed by atoms with van der Waals surface area (Å²) in [6.45, 7) is 5.91. The molecule has 0 fully saturated rings. The average molecular weight is 428 g/mol. The van der Waals surface area contributed by atoms with Gasteiger partial charge in [-0.15, -0.1) is 0 Å². The molecule has 0 spiro atoms. The molecule has 162 valence electrons. The molecule has 0 aliphatic carbocycles. The lowest BCUT2D eigenvalue weighted by Gasteiger charge is -2.13. The Balaban J connectivity index is 1.61. The molecule has 0 atom stereocenters. The van der Waals surface area contributed by atoms with Crippen LogP contribution in [0.1, 0.15) is 26.5 Å². The Hall–Kier alpha value is -4.07. The van der Waals surface area contributed by atoms with E-state index in [-0.39, 0.29) is 23.4 Å². The van der Waals surface area contributed by atoms with Crippen molar-refractivity contribution >= 4 is 11.7 Å². The first kappa shape index (κ1) is 21.2. The molecule has 0 aliphatic heterocycles. The molecule has 0 saturated carbocycles. The predicted octanol–water partition coefficient (Wildman–Crippen LogP) is 3.43. The number of benzene rings is 1. The molecule has 8 nitrogen and oxygen atoms in total. The second kappa shape index (κ2) is 8.58. The molecule has 4 aromatic rings. The largest absolute Gasteiger partial charge is 0.309 e. The van der Waals surface area contributed by atoms with Crippen LogP contribution in [0.25, 0.3) is 17.1 Å². The van der Waals surface area contributed by atoms with Gasteiger partial charge in [0.15, 0.2) is 5.82 Å². The Labute approximate surface area is 185 Å².